The van der Waals surface area contributed by atoms with Crippen LogP contribution < -0.4 is 0 Å². The average molecular weight is 370 g/mol. The first kappa shape index (κ1) is 18.0. The van der Waals surface area contributed by atoms with Crippen LogP contribution in [-0.4, -0.2) is 23.5 Å². The second-order valence-electron chi connectivity index (χ2n) is 5.75. The van der Waals surface area contributed by atoms with Gasteiger partial charge in [-0.1, -0.05) is 18.2 Å². The summed E-state index contributed by atoms with van der Waals surface area (Å²) >= 11 is 0. The molecule has 0 unspecified atom stereocenters. The molecule has 0 aliphatic rings. The third-order valence-electron chi connectivity index (χ3n) is 3.88. The Kier molecular flexibility index (Phi) is 5.29. The lowest BCUT2D eigenvalue weighted by Gasteiger charge is -2.21. The van der Waals surface area contributed by atoms with Gasteiger partial charge in [-0.3, -0.25) is 9.78 Å². The number of pyridine rings is 1. The number of carbonyl (C=O) groups excluding carboxylic acids is 1. The molecule has 0 aliphatic carbocycles. The molecular weight excluding hydrogens is 352 g/mol. The number of nitrogens with zero attached hydrogens (tertiary/aromatic N) is 2. The van der Waals surface area contributed by atoms with Gasteiger partial charge in [-0.2, -0.15) is 4.31 Å². The van der Waals surface area contributed by atoms with Gasteiger partial charge in [0.15, 0.2) is 5.78 Å². The number of ketones is 1. The van der Waals surface area contributed by atoms with Crippen molar-refractivity contribution < 1.29 is 17.6 Å². The van der Waals surface area contributed by atoms with E-state index in [1.807, 2.05) is 6.07 Å². The summed E-state index contributed by atoms with van der Waals surface area (Å²) in [7, 11) is -3.80. The highest BCUT2D eigenvalue weighted by Gasteiger charge is 2.26. The molecule has 0 saturated carbocycles. The SMILES string of the molecule is CC(=O)c1ccc(S(=O)(=O)N(Cc2ccccn2)Cc2ccco2)cc1. The number of carbonyl (C=O) groups is 1. The van der Waals surface area contributed by atoms with E-state index in [9.17, 15) is 13.2 Å². The van der Waals surface area contributed by atoms with E-state index in [1.54, 1.807) is 30.5 Å². The van der Waals surface area contributed by atoms with Crippen molar-refractivity contribution in [3.8, 4) is 0 Å². The highest BCUT2D eigenvalue weighted by atomic mass is 32.2. The third kappa shape index (κ3) is 4.07. The van der Waals surface area contributed by atoms with E-state index < -0.39 is 10.0 Å². The fraction of sp³-hybridized carbons (Fsp3) is 0.158. The van der Waals surface area contributed by atoms with Crippen LogP contribution in [0.5, 0.6) is 0 Å². The standard InChI is InChI=1S/C19H18N2O4S/c1-15(22)16-7-9-19(10-8-16)26(23,24)21(14-18-6-4-12-25-18)13-17-5-2-3-11-20-17/h2-12H,13-14H2,1H3. The van der Waals surface area contributed by atoms with Gasteiger partial charge in [-0.25, -0.2) is 8.42 Å². The first-order chi connectivity index (χ1) is 12.5. The highest BCUT2D eigenvalue weighted by Crippen LogP contribution is 2.21. The molecule has 0 amide bonds. The van der Waals surface area contributed by atoms with Gasteiger partial charge in [-0.05, 0) is 43.3 Å². The Morgan fingerprint density at radius 2 is 1.81 bits per heavy atom. The van der Waals surface area contributed by atoms with E-state index in [0.717, 1.165) is 0 Å². The molecule has 0 saturated heterocycles. The van der Waals surface area contributed by atoms with Crippen molar-refractivity contribution in [2.75, 3.05) is 0 Å². The fourth-order valence-corrected chi connectivity index (χ4v) is 3.86. The van der Waals surface area contributed by atoms with Gasteiger partial charge in [0.05, 0.1) is 29.9 Å². The molecule has 0 N–H and O–H groups in total. The van der Waals surface area contributed by atoms with Crippen molar-refractivity contribution in [1.29, 1.82) is 0 Å². The summed E-state index contributed by atoms with van der Waals surface area (Å²) in [6.07, 6.45) is 3.12. The van der Waals surface area contributed by atoms with Crippen molar-refractivity contribution in [3.05, 3.63) is 84.1 Å². The van der Waals surface area contributed by atoms with Crippen LogP contribution in [0.4, 0.5) is 0 Å². The van der Waals surface area contributed by atoms with E-state index in [4.69, 9.17) is 4.42 Å². The second kappa shape index (κ2) is 7.63. The molecule has 26 heavy (non-hydrogen) atoms. The lowest BCUT2D eigenvalue weighted by molar-refractivity contribution is 0.101. The minimum absolute atomic E-state index is 0.0837. The Hall–Kier alpha value is -2.77. The van der Waals surface area contributed by atoms with Crippen LogP contribution >= 0.6 is 0 Å². The lowest BCUT2D eigenvalue weighted by atomic mass is 10.2. The smallest absolute Gasteiger partial charge is 0.243 e. The van der Waals surface area contributed by atoms with Crippen molar-refractivity contribution in [2.24, 2.45) is 0 Å². The van der Waals surface area contributed by atoms with Crippen molar-refractivity contribution in [2.45, 2.75) is 24.9 Å². The minimum atomic E-state index is -3.80. The van der Waals surface area contributed by atoms with E-state index in [0.29, 0.717) is 17.0 Å². The van der Waals surface area contributed by atoms with E-state index >= 15 is 0 Å². The van der Waals surface area contributed by atoms with Gasteiger partial charge in [0.25, 0.3) is 0 Å². The Morgan fingerprint density at radius 1 is 1.04 bits per heavy atom. The molecule has 0 spiro atoms. The number of furan rings is 1. The Morgan fingerprint density at radius 3 is 2.38 bits per heavy atom. The van der Waals surface area contributed by atoms with E-state index in [1.165, 1.54) is 41.8 Å². The quantitative estimate of drug-likeness (QED) is 0.596. The third-order valence-corrected chi connectivity index (χ3v) is 5.68. The maximum absolute atomic E-state index is 13.1. The monoisotopic (exact) mass is 370 g/mol. The number of hydrogen-bond acceptors (Lipinski definition) is 5. The molecule has 7 heteroatoms. The molecule has 3 rings (SSSR count). The van der Waals surface area contributed by atoms with Crippen molar-refractivity contribution >= 4 is 15.8 Å². The number of Topliss-reactive ketones (excluding diaryl/α,β-unsaturated/α-hetero) is 1. The summed E-state index contributed by atoms with van der Waals surface area (Å²) in [5, 5.41) is 0. The zero-order valence-corrected chi connectivity index (χ0v) is 15.0. The van der Waals surface area contributed by atoms with Gasteiger partial charge in [0.1, 0.15) is 5.76 Å². The molecular formula is C19H18N2O4S. The normalized spacial score (nSPS) is 11.6. The zero-order chi connectivity index (χ0) is 18.6. The molecule has 3 aromatic rings. The molecule has 2 aromatic heterocycles. The highest BCUT2D eigenvalue weighted by molar-refractivity contribution is 7.89. The number of benzene rings is 1. The van der Waals surface area contributed by atoms with Crippen LogP contribution in [0.1, 0.15) is 28.7 Å². The summed E-state index contributed by atoms with van der Waals surface area (Å²) in [5.41, 5.74) is 1.09. The van der Waals surface area contributed by atoms with E-state index in [2.05, 4.69) is 4.98 Å². The van der Waals surface area contributed by atoms with Gasteiger partial charge >= 0.3 is 0 Å². The Balaban J connectivity index is 1.94. The van der Waals surface area contributed by atoms with Crippen molar-refractivity contribution in [1.82, 2.24) is 9.29 Å². The number of rotatable bonds is 7. The maximum Gasteiger partial charge on any atom is 0.243 e. The molecule has 0 radical (unpaired) electrons. The first-order valence-electron chi connectivity index (χ1n) is 8.00. The molecule has 0 aliphatic heterocycles. The minimum Gasteiger partial charge on any atom is -0.468 e. The topological polar surface area (TPSA) is 80.5 Å². The molecule has 1 aromatic carbocycles. The van der Waals surface area contributed by atoms with E-state index in [-0.39, 0.29) is 23.8 Å². The predicted molar refractivity (Wildman–Crippen MR) is 95.8 cm³/mol. The Bertz CT molecular complexity index is 966. The number of hydrogen-bond donors (Lipinski definition) is 0. The van der Waals surface area contributed by atoms with Crippen LogP contribution in [0.25, 0.3) is 0 Å². The molecule has 0 bridgehead atoms. The van der Waals surface area contributed by atoms with Gasteiger partial charge in [0, 0.05) is 11.8 Å². The largest absolute Gasteiger partial charge is 0.468 e. The molecule has 6 nitrogen and oxygen atoms in total. The van der Waals surface area contributed by atoms with Gasteiger partial charge in [-0.15, -0.1) is 0 Å². The fourth-order valence-electron chi connectivity index (χ4n) is 2.49. The Labute approximate surface area is 152 Å². The summed E-state index contributed by atoms with van der Waals surface area (Å²) in [6.45, 7) is 1.63. The van der Waals surface area contributed by atoms with Crippen LogP contribution in [0, 0.1) is 0 Å². The van der Waals surface area contributed by atoms with Crippen LogP contribution in [0.15, 0.2) is 76.4 Å². The second-order valence-corrected chi connectivity index (χ2v) is 7.69. The maximum atomic E-state index is 13.1. The zero-order valence-electron chi connectivity index (χ0n) is 14.2. The summed E-state index contributed by atoms with van der Waals surface area (Å²) in [5.74, 6) is 0.416. The summed E-state index contributed by atoms with van der Waals surface area (Å²) in [4.78, 5) is 15.7. The number of sulfonamides is 1. The van der Waals surface area contributed by atoms with Crippen molar-refractivity contribution in [3.63, 3.8) is 0 Å². The molecule has 0 fully saturated rings. The summed E-state index contributed by atoms with van der Waals surface area (Å²) in [6, 6.07) is 14.7. The molecule has 134 valence electrons. The average Bonchev–Trinajstić information content (AvgIpc) is 3.15. The van der Waals surface area contributed by atoms with Gasteiger partial charge in [0.2, 0.25) is 10.0 Å². The first-order valence-corrected chi connectivity index (χ1v) is 9.44. The number of aromatic nitrogens is 1. The predicted octanol–water partition coefficient (Wildman–Crippen LogP) is 3.27. The lowest BCUT2D eigenvalue weighted by Crippen LogP contribution is -2.30. The van der Waals surface area contributed by atoms with Crippen LogP contribution in [0.3, 0.4) is 0 Å². The molecule has 2 heterocycles. The van der Waals surface area contributed by atoms with Crippen LogP contribution in [-0.2, 0) is 23.1 Å². The van der Waals surface area contributed by atoms with Crippen LogP contribution in [0.2, 0.25) is 0 Å². The molecule has 0 atom stereocenters. The van der Waals surface area contributed by atoms with Gasteiger partial charge < -0.3 is 4.42 Å². The summed E-state index contributed by atoms with van der Waals surface area (Å²) < 4.78 is 32.8.